The lowest BCUT2D eigenvalue weighted by Crippen LogP contribution is -2.14. The molecule has 0 saturated heterocycles. The lowest BCUT2D eigenvalue weighted by Gasteiger charge is -2.10. The molecular formula is C11H11ClN4O2S. The van der Waals surface area contributed by atoms with Gasteiger partial charge >= 0.3 is 0 Å². The summed E-state index contributed by atoms with van der Waals surface area (Å²) in [6, 6.07) is 4.61. The molecule has 0 aliphatic rings. The zero-order valence-electron chi connectivity index (χ0n) is 9.75. The van der Waals surface area contributed by atoms with Crippen molar-refractivity contribution >= 4 is 27.3 Å². The summed E-state index contributed by atoms with van der Waals surface area (Å²) in [5.41, 5.74) is 6.42. The van der Waals surface area contributed by atoms with Crippen LogP contribution in [0.1, 0.15) is 5.56 Å². The average Bonchev–Trinajstić information content (AvgIpc) is 2.39. The molecule has 19 heavy (non-hydrogen) atoms. The fourth-order valence-corrected chi connectivity index (χ4v) is 3.02. The van der Waals surface area contributed by atoms with Crippen LogP contribution in [0.2, 0.25) is 5.02 Å². The number of halogens is 1. The van der Waals surface area contributed by atoms with E-state index < -0.39 is 10.0 Å². The summed E-state index contributed by atoms with van der Waals surface area (Å²) in [7, 11) is -3.79. The van der Waals surface area contributed by atoms with E-state index in [-0.39, 0.29) is 22.2 Å². The van der Waals surface area contributed by atoms with Crippen molar-refractivity contribution < 1.29 is 8.42 Å². The second-order valence-electron chi connectivity index (χ2n) is 3.70. The third-order valence-corrected chi connectivity index (χ3v) is 4.20. The molecule has 0 saturated carbocycles. The fourth-order valence-electron chi connectivity index (χ4n) is 1.44. The van der Waals surface area contributed by atoms with Gasteiger partial charge in [0, 0.05) is 6.54 Å². The number of hydrogen-bond donors (Lipinski definition) is 2. The van der Waals surface area contributed by atoms with Crippen LogP contribution in [0.5, 0.6) is 0 Å². The minimum Gasteiger partial charge on any atom is -0.326 e. The summed E-state index contributed by atoms with van der Waals surface area (Å²) >= 11 is 5.91. The van der Waals surface area contributed by atoms with Crippen molar-refractivity contribution in [3.8, 4) is 0 Å². The van der Waals surface area contributed by atoms with Crippen LogP contribution in [-0.4, -0.2) is 18.4 Å². The summed E-state index contributed by atoms with van der Waals surface area (Å²) in [5, 5.41) is 0.126. The average molecular weight is 299 g/mol. The van der Waals surface area contributed by atoms with Gasteiger partial charge in [0.2, 0.25) is 0 Å². The summed E-state index contributed by atoms with van der Waals surface area (Å²) in [5.74, 6) is 0. The third kappa shape index (κ3) is 3.19. The number of anilines is 1. The molecule has 0 fully saturated rings. The van der Waals surface area contributed by atoms with Gasteiger partial charge in [0.15, 0.2) is 0 Å². The Morgan fingerprint density at radius 3 is 2.58 bits per heavy atom. The normalized spacial score (nSPS) is 11.3. The van der Waals surface area contributed by atoms with Gasteiger partial charge in [-0.25, -0.2) is 18.4 Å². The molecule has 0 atom stereocenters. The SMILES string of the molecule is NCc1ccc(Cl)c(S(=O)(=O)Nc2cncnc2)c1. The molecule has 0 amide bonds. The number of aromatic nitrogens is 2. The zero-order valence-corrected chi connectivity index (χ0v) is 11.3. The second kappa shape index (κ2) is 5.52. The van der Waals surface area contributed by atoms with Gasteiger partial charge in [-0.05, 0) is 17.7 Å². The number of hydrogen-bond acceptors (Lipinski definition) is 5. The maximum atomic E-state index is 12.2. The predicted octanol–water partition coefficient (Wildman–Crippen LogP) is 1.39. The molecule has 0 radical (unpaired) electrons. The lowest BCUT2D eigenvalue weighted by atomic mass is 10.2. The molecule has 3 N–H and O–H groups in total. The number of rotatable bonds is 4. The van der Waals surface area contributed by atoms with E-state index in [0.717, 1.165) is 0 Å². The first-order chi connectivity index (χ1) is 9.03. The monoisotopic (exact) mass is 298 g/mol. The molecule has 6 nitrogen and oxygen atoms in total. The molecule has 1 aromatic heterocycles. The Morgan fingerprint density at radius 2 is 1.95 bits per heavy atom. The first-order valence-corrected chi connectivity index (χ1v) is 7.15. The quantitative estimate of drug-likeness (QED) is 0.889. The van der Waals surface area contributed by atoms with Crippen molar-refractivity contribution in [2.75, 3.05) is 4.72 Å². The van der Waals surface area contributed by atoms with E-state index in [1.165, 1.54) is 30.9 Å². The van der Waals surface area contributed by atoms with E-state index in [1.54, 1.807) is 6.07 Å². The molecule has 0 spiro atoms. The van der Waals surface area contributed by atoms with Gasteiger partial charge in [0.05, 0.1) is 23.1 Å². The van der Waals surface area contributed by atoms with Crippen LogP contribution in [0, 0.1) is 0 Å². The van der Waals surface area contributed by atoms with Crippen molar-refractivity contribution in [2.45, 2.75) is 11.4 Å². The minimum atomic E-state index is -3.79. The molecule has 0 bridgehead atoms. The van der Waals surface area contributed by atoms with Crippen molar-refractivity contribution in [1.82, 2.24) is 9.97 Å². The molecular weight excluding hydrogens is 288 g/mol. The first kappa shape index (κ1) is 13.7. The van der Waals surface area contributed by atoms with E-state index in [0.29, 0.717) is 5.56 Å². The van der Waals surface area contributed by atoms with E-state index in [9.17, 15) is 8.42 Å². The lowest BCUT2D eigenvalue weighted by molar-refractivity contribution is 0.601. The Kier molecular flexibility index (Phi) is 3.98. The molecule has 0 aliphatic heterocycles. The van der Waals surface area contributed by atoms with Gasteiger partial charge in [-0.2, -0.15) is 0 Å². The Balaban J connectivity index is 2.39. The van der Waals surface area contributed by atoms with Gasteiger partial charge in [-0.15, -0.1) is 0 Å². The largest absolute Gasteiger partial charge is 0.326 e. The van der Waals surface area contributed by atoms with Crippen LogP contribution >= 0.6 is 11.6 Å². The topological polar surface area (TPSA) is 98.0 Å². The van der Waals surface area contributed by atoms with Crippen LogP contribution in [0.3, 0.4) is 0 Å². The minimum absolute atomic E-state index is 0.0269. The highest BCUT2D eigenvalue weighted by Gasteiger charge is 2.18. The molecule has 8 heteroatoms. The molecule has 100 valence electrons. The maximum Gasteiger partial charge on any atom is 0.263 e. The van der Waals surface area contributed by atoms with Gasteiger partial charge in [-0.1, -0.05) is 17.7 Å². The summed E-state index contributed by atoms with van der Waals surface area (Å²) in [6.07, 6.45) is 4.01. The van der Waals surface area contributed by atoms with Gasteiger partial charge < -0.3 is 5.73 Å². The highest BCUT2D eigenvalue weighted by Crippen LogP contribution is 2.24. The molecule has 2 rings (SSSR count). The molecule has 0 aliphatic carbocycles. The fraction of sp³-hybridized carbons (Fsp3) is 0.0909. The molecule has 1 aromatic carbocycles. The van der Waals surface area contributed by atoms with Crippen molar-refractivity contribution in [1.29, 1.82) is 0 Å². The maximum absolute atomic E-state index is 12.2. The first-order valence-electron chi connectivity index (χ1n) is 5.29. The Labute approximate surface area is 115 Å². The van der Waals surface area contributed by atoms with E-state index in [1.807, 2.05) is 0 Å². The van der Waals surface area contributed by atoms with Gasteiger partial charge in [0.1, 0.15) is 11.2 Å². The van der Waals surface area contributed by atoms with Crippen LogP contribution < -0.4 is 10.5 Å². The van der Waals surface area contributed by atoms with Gasteiger partial charge in [0.25, 0.3) is 10.0 Å². The van der Waals surface area contributed by atoms with E-state index >= 15 is 0 Å². The van der Waals surface area contributed by atoms with Crippen molar-refractivity contribution in [2.24, 2.45) is 5.73 Å². The summed E-state index contributed by atoms with van der Waals surface area (Å²) in [4.78, 5) is 7.43. The van der Waals surface area contributed by atoms with E-state index in [4.69, 9.17) is 17.3 Å². The third-order valence-electron chi connectivity index (χ3n) is 2.33. The summed E-state index contributed by atoms with van der Waals surface area (Å²) < 4.78 is 26.7. The Morgan fingerprint density at radius 1 is 1.26 bits per heavy atom. The number of nitrogens with one attached hydrogen (secondary N) is 1. The van der Waals surface area contributed by atoms with Crippen molar-refractivity contribution in [3.63, 3.8) is 0 Å². The van der Waals surface area contributed by atoms with Crippen LogP contribution in [0.4, 0.5) is 5.69 Å². The highest BCUT2D eigenvalue weighted by molar-refractivity contribution is 7.92. The Hall–Kier alpha value is -1.70. The smallest absolute Gasteiger partial charge is 0.263 e. The van der Waals surface area contributed by atoms with Crippen LogP contribution in [-0.2, 0) is 16.6 Å². The van der Waals surface area contributed by atoms with E-state index in [2.05, 4.69) is 14.7 Å². The number of nitrogens with two attached hydrogens (primary N) is 1. The molecule has 1 heterocycles. The number of benzene rings is 1. The predicted molar refractivity (Wildman–Crippen MR) is 72.2 cm³/mol. The summed E-state index contributed by atoms with van der Waals surface area (Å²) in [6.45, 7) is 0.230. The Bertz CT molecular complexity index is 676. The molecule has 0 unspecified atom stereocenters. The second-order valence-corrected chi connectivity index (χ2v) is 5.76. The standard InChI is InChI=1S/C11H11ClN4O2S/c12-10-2-1-8(4-13)3-11(10)19(17,18)16-9-5-14-7-15-6-9/h1-3,5-7,16H,4,13H2. The highest BCUT2D eigenvalue weighted by atomic mass is 35.5. The zero-order chi connectivity index (χ0) is 13.9. The number of nitrogens with zero attached hydrogens (tertiary/aromatic N) is 2. The van der Waals surface area contributed by atoms with Crippen LogP contribution in [0.15, 0.2) is 41.8 Å². The van der Waals surface area contributed by atoms with Gasteiger partial charge in [-0.3, -0.25) is 4.72 Å². The van der Waals surface area contributed by atoms with Crippen molar-refractivity contribution in [3.05, 3.63) is 47.5 Å². The molecule has 2 aromatic rings. The van der Waals surface area contributed by atoms with Crippen LogP contribution in [0.25, 0.3) is 0 Å². The number of sulfonamides is 1.